The Morgan fingerprint density at radius 3 is 2.28 bits per heavy atom. The van der Waals surface area contributed by atoms with Crippen LogP contribution in [0.2, 0.25) is 0 Å². The van der Waals surface area contributed by atoms with E-state index in [1.807, 2.05) is 0 Å². The molecule has 1 aliphatic rings. The Hall–Kier alpha value is -2.65. The van der Waals surface area contributed by atoms with Crippen LogP contribution < -0.4 is 9.47 Å². The first-order valence-corrected chi connectivity index (χ1v) is 10.5. The van der Waals surface area contributed by atoms with E-state index in [1.54, 1.807) is 29.2 Å². The highest BCUT2D eigenvalue weighted by Gasteiger charge is 2.31. The van der Waals surface area contributed by atoms with Gasteiger partial charge in [-0.3, -0.25) is 4.79 Å². The van der Waals surface area contributed by atoms with Crippen molar-refractivity contribution in [1.29, 1.82) is 0 Å². The Bertz CT molecular complexity index is 988. The highest BCUT2D eigenvalue weighted by molar-refractivity contribution is 7.89. The predicted molar refractivity (Wildman–Crippen MR) is 105 cm³/mol. The third-order valence-corrected chi connectivity index (χ3v) is 6.78. The summed E-state index contributed by atoms with van der Waals surface area (Å²) in [4.78, 5) is 14.1. The zero-order chi connectivity index (χ0) is 21.0. The quantitative estimate of drug-likeness (QED) is 0.711. The van der Waals surface area contributed by atoms with E-state index in [2.05, 4.69) is 0 Å². The molecule has 1 amide bonds. The maximum Gasteiger partial charge on any atom is 0.243 e. The average molecular weight is 422 g/mol. The van der Waals surface area contributed by atoms with Crippen molar-refractivity contribution < 1.29 is 27.1 Å². The van der Waals surface area contributed by atoms with Crippen molar-refractivity contribution in [3.8, 4) is 11.5 Å². The topological polar surface area (TPSA) is 76.2 Å². The number of amides is 1. The van der Waals surface area contributed by atoms with Gasteiger partial charge in [0, 0.05) is 32.2 Å². The number of carbonyl (C=O) groups excluding carboxylic acids is 1. The standard InChI is InChI=1S/C20H23FN2O5S/c1-27-18-8-7-16(14-19(18)28-2)29(25,26)23-11-9-22(10-12-23)20(24)13-15-5-3-4-6-17(15)21/h3-8,14H,9-13H2,1-2H3. The fourth-order valence-electron chi connectivity index (χ4n) is 3.22. The lowest BCUT2D eigenvalue weighted by atomic mass is 10.1. The summed E-state index contributed by atoms with van der Waals surface area (Å²) >= 11 is 0. The minimum absolute atomic E-state index is 0.0465. The maximum atomic E-state index is 13.8. The molecule has 1 aliphatic heterocycles. The van der Waals surface area contributed by atoms with Gasteiger partial charge in [-0.1, -0.05) is 18.2 Å². The summed E-state index contributed by atoms with van der Waals surface area (Å²) in [6.45, 7) is 0.832. The molecule has 0 aliphatic carbocycles. The number of sulfonamides is 1. The van der Waals surface area contributed by atoms with E-state index in [4.69, 9.17) is 9.47 Å². The van der Waals surface area contributed by atoms with E-state index in [1.165, 1.54) is 36.7 Å². The second kappa shape index (κ2) is 8.79. The van der Waals surface area contributed by atoms with Crippen LogP contribution in [0.5, 0.6) is 11.5 Å². The summed E-state index contributed by atoms with van der Waals surface area (Å²) < 4.78 is 51.3. The van der Waals surface area contributed by atoms with Gasteiger partial charge in [0.25, 0.3) is 0 Å². The minimum Gasteiger partial charge on any atom is -0.493 e. The normalized spacial score (nSPS) is 15.2. The number of piperazine rings is 1. The van der Waals surface area contributed by atoms with Gasteiger partial charge in [0.2, 0.25) is 15.9 Å². The fraction of sp³-hybridized carbons (Fsp3) is 0.350. The number of methoxy groups -OCH3 is 2. The summed E-state index contributed by atoms with van der Waals surface area (Å²) in [6.07, 6.45) is -0.0465. The van der Waals surface area contributed by atoms with Crippen molar-refractivity contribution in [2.24, 2.45) is 0 Å². The molecule has 1 heterocycles. The highest BCUT2D eigenvalue weighted by Crippen LogP contribution is 2.30. The second-order valence-corrected chi connectivity index (χ2v) is 8.51. The van der Waals surface area contributed by atoms with Crippen LogP contribution in [0.4, 0.5) is 4.39 Å². The number of ether oxygens (including phenoxy) is 2. The van der Waals surface area contributed by atoms with Crippen LogP contribution in [0.1, 0.15) is 5.56 Å². The maximum absolute atomic E-state index is 13.8. The summed E-state index contributed by atoms with van der Waals surface area (Å²) in [5, 5.41) is 0. The zero-order valence-electron chi connectivity index (χ0n) is 16.3. The van der Waals surface area contributed by atoms with E-state index in [9.17, 15) is 17.6 Å². The molecule has 0 atom stereocenters. The monoisotopic (exact) mass is 422 g/mol. The first kappa shape index (κ1) is 21.1. The van der Waals surface area contributed by atoms with E-state index in [0.717, 1.165) is 0 Å². The zero-order valence-corrected chi connectivity index (χ0v) is 17.1. The SMILES string of the molecule is COc1ccc(S(=O)(=O)N2CCN(C(=O)Cc3ccccc3F)CC2)cc1OC. The Kier molecular flexibility index (Phi) is 6.39. The van der Waals surface area contributed by atoms with Crippen LogP contribution in [-0.2, 0) is 21.2 Å². The molecule has 2 aromatic carbocycles. The molecule has 0 spiro atoms. The summed E-state index contributed by atoms with van der Waals surface area (Å²) in [7, 11) is -0.820. The summed E-state index contributed by atoms with van der Waals surface area (Å²) in [5.41, 5.74) is 0.331. The van der Waals surface area contributed by atoms with Crippen molar-refractivity contribution in [2.45, 2.75) is 11.3 Å². The molecule has 3 rings (SSSR count). The summed E-state index contributed by atoms with van der Waals surface area (Å²) in [5.74, 6) is 0.121. The number of nitrogens with zero attached hydrogens (tertiary/aromatic N) is 2. The lowest BCUT2D eigenvalue weighted by Crippen LogP contribution is -2.50. The molecule has 7 nitrogen and oxygen atoms in total. The van der Waals surface area contributed by atoms with Crippen LogP contribution in [0.3, 0.4) is 0 Å². The van der Waals surface area contributed by atoms with Crippen molar-refractivity contribution in [3.63, 3.8) is 0 Å². The van der Waals surface area contributed by atoms with Crippen LogP contribution in [0.25, 0.3) is 0 Å². The van der Waals surface area contributed by atoms with Crippen LogP contribution in [0.15, 0.2) is 47.4 Å². The largest absolute Gasteiger partial charge is 0.493 e. The predicted octanol–water partition coefficient (Wildman–Crippen LogP) is 1.92. The summed E-state index contributed by atoms with van der Waals surface area (Å²) in [6, 6.07) is 10.6. The van der Waals surface area contributed by atoms with Gasteiger partial charge in [-0.25, -0.2) is 12.8 Å². The number of rotatable bonds is 6. The lowest BCUT2D eigenvalue weighted by Gasteiger charge is -2.34. The van der Waals surface area contributed by atoms with Gasteiger partial charge in [0.15, 0.2) is 11.5 Å². The van der Waals surface area contributed by atoms with E-state index in [-0.39, 0.29) is 43.4 Å². The average Bonchev–Trinajstić information content (AvgIpc) is 2.74. The van der Waals surface area contributed by atoms with Gasteiger partial charge < -0.3 is 14.4 Å². The smallest absolute Gasteiger partial charge is 0.243 e. The van der Waals surface area contributed by atoms with E-state index in [0.29, 0.717) is 17.1 Å². The molecule has 0 unspecified atom stereocenters. The third kappa shape index (κ3) is 4.51. The van der Waals surface area contributed by atoms with Gasteiger partial charge >= 0.3 is 0 Å². The Balaban J connectivity index is 1.66. The Morgan fingerprint density at radius 1 is 1.00 bits per heavy atom. The molecular weight excluding hydrogens is 399 g/mol. The molecule has 0 radical (unpaired) electrons. The van der Waals surface area contributed by atoms with Crippen molar-refractivity contribution in [1.82, 2.24) is 9.21 Å². The number of carbonyl (C=O) groups is 1. The Morgan fingerprint density at radius 2 is 1.66 bits per heavy atom. The van der Waals surface area contributed by atoms with Crippen LogP contribution in [-0.4, -0.2) is 63.9 Å². The van der Waals surface area contributed by atoms with Gasteiger partial charge in [-0.05, 0) is 23.8 Å². The van der Waals surface area contributed by atoms with Gasteiger partial charge in [-0.15, -0.1) is 0 Å². The molecule has 1 fully saturated rings. The highest BCUT2D eigenvalue weighted by atomic mass is 32.2. The number of hydrogen-bond acceptors (Lipinski definition) is 5. The van der Waals surface area contributed by atoms with Gasteiger partial charge in [0.1, 0.15) is 5.82 Å². The molecule has 2 aromatic rings. The number of halogens is 1. The number of hydrogen-bond donors (Lipinski definition) is 0. The van der Waals surface area contributed by atoms with Crippen molar-refractivity contribution in [3.05, 3.63) is 53.8 Å². The van der Waals surface area contributed by atoms with Crippen LogP contribution >= 0.6 is 0 Å². The molecule has 156 valence electrons. The van der Waals surface area contributed by atoms with E-state index >= 15 is 0 Å². The fourth-order valence-corrected chi connectivity index (χ4v) is 4.66. The second-order valence-electron chi connectivity index (χ2n) is 6.57. The van der Waals surface area contributed by atoms with E-state index < -0.39 is 15.8 Å². The molecule has 0 N–H and O–H groups in total. The molecule has 0 saturated carbocycles. The Labute approximate surface area is 169 Å². The molecule has 29 heavy (non-hydrogen) atoms. The van der Waals surface area contributed by atoms with Gasteiger partial charge in [-0.2, -0.15) is 4.31 Å². The van der Waals surface area contributed by atoms with Crippen molar-refractivity contribution >= 4 is 15.9 Å². The molecular formula is C20H23FN2O5S. The van der Waals surface area contributed by atoms with Crippen LogP contribution in [0, 0.1) is 5.82 Å². The molecule has 1 saturated heterocycles. The first-order chi connectivity index (χ1) is 13.9. The van der Waals surface area contributed by atoms with Crippen molar-refractivity contribution in [2.75, 3.05) is 40.4 Å². The minimum atomic E-state index is -3.73. The first-order valence-electron chi connectivity index (χ1n) is 9.10. The number of benzene rings is 2. The van der Waals surface area contributed by atoms with Gasteiger partial charge in [0.05, 0.1) is 25.5 Å². The molecule has 0 aromatic heterocycles. The molecule has 0 bridgehead atoms. The third-order valence-electron chi connectivity index (χ3n) is 4.88. The lowest BCUT2D eigenvalue weighted by molar-refractivity contribution is -0.131. The molecule has 9 heteroatoms.